The minimum absolute atomic E-state index is 0.597. The monoisotopic (exact) mass is 844 g/mol. The maximum absolute atomic E-state index is 5.22. The summed E-state index contributed by atoms with van der Waals surface area (Å²) in [6.45, 7) is 0. The van der Waals surface area contributed by atoms with Crippen molar-refractivity contribution in [3.63, 3.8) is 0 Å². The molecule has 2 aromatic heterocycles. The Morgan fingerprint density at radius 3 is 0.803 bits per heavy atom. The summed E-state index contributed by atoms with van der Waals surface area (Å²) in [5.74, 6) is 3.69. The molecule has 0 unspecified atom stereocenters. The Kier molecular flexibility index (Phi) is 10.9. The quantitative estimate of drug-likeness (QED) is 0.136. The Balaban J connectivity index is 0.957. The molecule has 2 heterocycles. The lowest BCUT2D eigenvalue weighted by Crippen LogP contribution is -2.01. The standard InChI is InChI=1S/C60H40N6/c1-5-19-41(20-6-1)45-27-16-32-50(38-45)53-35-13-14-36-54(53)60-65-57(44-25-11-4-12-26-44)64-59(66-60)52-34-18-31-49(40-52)47-29-15-28-46(37-47)48-30-17-33-51(39-48)58-62-55(42-21-7-2-8-22-42)61-56(63-58)43-23-9-3-10-24-43/h1-40H. The molecule has 6 heteroatoms. The minimum Gasteiger partial charge on any atom is -0.208 e. The number of rotatable bonds is 10. The highest BCUT2D eigenvalue weighted by molar-refractivity contribution is 5.85. The van der Waals surface area contributed by atoms with Crippen LogP contribution in [0.25, 0.3) is 113 Å². The Bertz CT molecular complexity index is 3410. The number of hydrogen-bond acceptors (Lipinski definition) is 6. The number of nitrogens with zero attached hydrogens (tertiary/aromatic N) is 6. The molecule has 0 fully saturated rings. The van der Waals surface area contributed by atoms with E-state index in [1.165, 1.54) is 5.56 Å². The summed E-state index contributed by atoms with van der Waals surface area (Å²) in [4.78, 5) is 30.3. The molecule has 11 rings (SSSR count). The van der Waals surface area contributed by atoms with Crippen LogP contribution in [0, 0.1) is 0 Å². The highest BCUT2D eigenvalue weighted by Gasteiger charge is 2.18. The third kappa shape index (κ3) is 8.42. The van der Waals surface area contributed by atoms with Gasteiger partial charge in [-0.2, -0.15) is 0 Å². The predicted octanol–water partition coefficient (Wildman–Crippen LogP) is 14.7. The molecular formula is C60H40N6. The summed E-state index contributed by atoms with van der Waals surface area (Å²) < 4.78 is 0. The van der Waals surface area contributed by atoms with Crippen LogP contribution in [-0.2, 0) is 0 Å². The third-order valence-corrected chi connectivity index (χ3v) is 11.6. The highest BCUT2D eigenvalue weighted by Crippen LogP contribution is 2.36. The largest absolute Gasteiger partial charge is 0.208 e. The first kappa shape index (κ1) is 39.8. The molecule has 0 amide bonds. The fraction of sp³-hybridized carbons (Fsp3) is 0. The lowest BCUT2D eigenvalue weighted by molar-refractivity contribution is 1.07. The lowest BCUT2D eigenvalue weighted by atomic mass is 9.95. The molecule has 66 heavy (non-hydrogen) atoms. The van der Waals surface area contributed by atoms with E-state index in [0.29, 0.717) is 34.9 Å². The number of aromatic nitrogens is 6. The first-order valence-electron chi connectivity index (χ1n) is 21.9. The Morgan fingerprint density at radius 1 is 0.152 bits per heavy atom. The van der Waals surface area contributed by atoms with Crippen LogP contribution in [0.1, 0.15) is 0 Å². The number of benzene rings is 9. The molecule has 0 saturated carbocycles. The van der Waals surface area contributed by atoms with Gasteiger partial charge in [-0.3, -0.25) is 0 Å². The molecule has 9 aromatic carbocycles. The van der Waals surface area contributed by atoms with Gasteiger partial charge in [0.2, 0.25) is 0 Å². The maximum atomic E-state index is 5.22. The van der Waals surface area contributed by atoms with Crippen LogP contribution >= 0.6 is 0 Å². The van der Waals surface area contributed by atoms with E-state index in [2.05, 4.69) is 140 Å². The Hall–Kier alpha value is -9.00. The van der Waals surface area contributed by atoms with E-state index in [1.54, 1.807) is 0 Å². The van der Waals surface area contributed by atoms with Gasteiger partial charge in [-0.25, -0.2) is 29.9 Å². The van der Waals surface area contributed by atoms with E-state index in [4.69, 9.17) is 29.9 Å². The van der Waals surface area contributed by atoms with Crippen LogP contribution in [0.4, 0.5) is 0 Å². The molecule has 0 aliphatic heterocycles. The van der Waals surface area contributed by atoms with E-state index in [9.17, 15) is 0 Å². The van der Waals surface area contributed by atoms with E-state index in [0.717, 1.165) is 72.3 Å². The van der Waals surface area contributed by atoms with Crippen molar-refractivity contribution in [2.24, 2.45) is 0 Å². The van der Waals surface area contributed by atoms with Crippen LogP contribution in [0.2, 0.25) is 0 Å². The summed E-state index contributed by atoms with van der Waals surface area (Å²) in [5, 5.41) is 0. The van der Waals surface area contributed by atoms with E-state index >= 15 is 0 Å². The van der Waals surface area contributed by atoms with Gasteiger partial charge in [-0.1, -0.05) is 218 Å². The molecule has 0 saturated heterocycles. The fourth-order valence-corrected chi connectivity index (χ4v) is 8.26. The molecule has 0 atom stereocenters. The molecule has 0 aliphatic carbocycles. The Labute approximate surface area is 383 Å². The molecular weight excluding hydrogens is 805 g/mol. The van der Waals surface area contributed by atoms with Gasteiger partial charge in [0.15, 0.2) is 34.9 Å². The van der Waals surface area contributed by atoms with Crippen molar-refractivity contribution in [1.29, 1.82) is 0 Å². The maximum Gasteiger partial charge on any atom is 0.164 e. The second-order valence-corrected chi connectivity index (χ2v) is 15.9. The summed E-state index contributed by atoms with van der Waals surface area (Å²) >= 11 is 0. The third-order valence-electron chi connectivity index (χ3n) is 11.6. The summed E-state index contributed by atoms with van der Waals surface area (Å²) in [6, 6.07) is 83.1. The van der Waals surface area contributed by atoms with Gasteiger partial charge in [0, 0.05) is 33.4 Å². The van der Waals surface area contributed by atoms with E-state index in [1.807, 2.05) is 103 Å². The average molecular weight is 845 g/mol. The van der Waals surface area contributed by atoms with Crippen LogP contribution in [0.5, 0.6) is 0 Å². The van der Waals surface area contributed by atoms with Gasteiger partial charge in [-0.05, 0) is 68.8 Å². The molecule has 11 aromatic rings. The lowest BCUT2D eigenvalue weighted by Gasteiger charge is -2.13. The van der Waals surface area contributed by atoms with Crippen LogP contribution in [0.3, 0.4) is 0 Å². The van der Waals surface area contributed by atoms with E-state index < -0.39 is 0 Å². The molecule has 6 nitrogen and oxygen atoms in total. The molecule has 310 valence electrons. The molecule has 0 aliphatic rings. The van der Waals surface area contributed by atoms with Crippen molar-refractivity contribution in [3.8, 4) is 113 Å². The van der Waals surface area contributed by atoms with Gasteiger partial charge in [0.05, 0.1) is 0 Å². The SMILES string of the molecule is c1ccc(-c2cccc(-c3ccccc3-c3nc(-c4ccccc4)nc(-c4cccc(-c5cccc(-c6cccc(-c7nc(-c8ccccc8)nc(-c8ccccc8)n7)c6)c5)c4)n3)c2)cc1. The van der Waals surface area contributed by atoms with Crippen LogP contribution in [0.15, 0.2) is 243 Å². The zero-order valence-corrected chi connectivity index (χ0v) is 35.8. The van der Waals surface area contributed by atoms with Gasteiger partial charge in [0.25, 0.3) is 0 Å². The normalized spacial score (nSPS) is 11.0. The second-order valence-electron chi connectivity index (χ2n) is 15.9. The number of hydrogen-bond donors (Lipinski definition) is 0. The smallest absolute Gasteiger partial charge is 0.164 e. The summed E-state index contributed by atoms with van der Waals surface area (Å²) in [7, 11) is 0. The molecule has 0 radical (unpaired) electrons. The first-order valence-corrected chi connectivity index (χ1v) is 21.9. The predicted molar refractivity (Wildman–Crippen MR) is 268 cm³/mol. The summed E-state index contributed by atoms with van der Waals surface area (Å²) in [5.41, 5.74) is 14.2. The molecule has 0 bridgehead atoms. The van der Waals surface area contributed by atoms with Gasteiger partial charge < -0.3 is 0 Å². The fourth-order valence-electron chi connectivity index (χ4n) is 8.26. The zero-order valence-electron chi connectivity index (χ0n) is 35.8. The highest BCUT2D eigenvalue weighted by atomic mass is 15.0. The van der Waals surface area contributed by atoms with Gasteiger partial charge >= 0.3 is 0 Å². The summed E-state index contributed by atoms with van der Waals surface area (Å²) in [6.07, 6.45) is 0. The van der Waals surface area contributed by atoms with Gasteiger partial charge in [-0.15, -0.1) is 0 Å². The van der Waals surface area contributed by atoms with Crippen molar-refractivity contribution >= 4 is 0 Å². The second kappa shape index (κ2) is 18.0. The first-order chi connectivity index (χ1) is 32.7. The van der Waals surface area contributed by atoms with Crippen molar-refractivity contribution in [1.82, 2.24) is 29.9 Å². The Morgan fingerprint density at radius 2 is 0.394 bits per heavy atom. The molecule has 0 N–H and O–H groups in total. The van der Waals surface area contributed by atoms with Crippen molar-refractivity contribution in [2.45, 2.75) is 0 Å². The molecule has 0 spiro atoms. The van der Waals surface area contributed by atoms with Crippen molar-refractivity contribution < 1.29 is 0 Å². The van der Waals surface area contributed by atoms with Crippen LogP contribution < -0.4 is 0 Å². The van der Waals surface area contributed by atoms with Gasteiger partial charge in [0.1, 0.15) is 0 Å². The van der Waals surface area contributed by atoms with Crippen LogP contribution in [-0.4, -0.2) is 29.9 Å². The average Bonchev–Trinajstić information content (AvgIpc) is 3.42. The zero-order chi connectivity index (χ0) is 44.1. The van der Waals surface area contributed by atoms with Crippen molar-refractivity contribution in [3.05, 3.63) is 243 Å². The topological polar surface area (TPSA) is 77.3 Å². The van der Waals surface area contributed by atoms with Crippen molar-refractivity contribution in [2.75, 3.05) is 0 Å². The minimum atomic E-state index is 0.597. The van der Waals surface area contributed by atoms with E-state index in [-0.39, 0.29) is 0 Å².